The summed E-state index contributed by atoms with van der Waals surface area (Å²) in [5.41, 5.74) is 3.08. The van der Waals surface area contributed by atoms with Gasteiger partial charge in [0.15, 0.2) is 0 Å². The number of nitrogens with one attached hydrogen (secondary N) is 1. The molecule has 0 radical (unpaired) electrons. The lowest BCUT2D eigenvalue weighted by molar-refractivity contribution is 0.292. The van der Waals surface area contributed by atoms with Crippen LogP contribution in [0.25, 0.3) is 0 Å². The molecule has 1 atom stereocenters. The third kappa shape index (κ3) is 10.4. The van der Waals surface area contributed by atoms with Gasteiger partial charge in [0, 0.05) is 6.04 Å². The van der Waals surface area contributed by atoms with E-state index in [-0.39, 0.29) is 0 Å². The van der Waals surface area contributed by atoms with Gasteiger partial charge in [0.2, 0.25) is 0 Å². The number of nitrogens with two attached hydrogens (primary N) is 1. The Labute approximate surface area is 121 Å². The highest BCUT2D eigenvalue weighted by atomic mass is 15.2. The van der Waals surface area contributed by atoms with E-state index < -0.39 is 0 Å². The maximum Gasteiger partial charge on any atom is 0.0238 e. The lowest BCUT2D eigenvalue weighted by Gasteiger charge is -2.26. The van der Waals surface area contributed by atoms with Crippen molar-refractivity contribution in [1.82, 2.24) is 5.43 Å². The van der Waals surface area contributed by atoms with Gasteiger partial charge in [0.05, 0.1) is 0 Å². The van der Waals surface area contributed by atoms with Crippen LogP contribution in [0.5, 0.6) is 0 Å². The van der Waals surface area contributed by atoms with Crippen molar-refractivity contribution in [3.05, 3.63) is 0 Å². The molecule has 0 spiro atoms. The van der Waals surface area contributed by atoms with Crippen LogP contribution >= 0.6 is 0 Å². The Morgan fingerprint density at radius 3 is 1.68 bits per heavy atom. The van der Waals surface area contributed by atoms with Gasteiger partial charge in [-0.05, 0) is 25.2 Å². The van der Waals surface area contributed by atoms with Crippen molar-refractivity contribution in [3.63, 3.8) is 0 Å². The van der Waals surface area contributed by atoms with E-state index in [1.54, 1.807) is 0 Å². The minimum atomic E-state index is 0.538. The molecule has 19 heavy (non-hydrogen) atoms. The topological polar surface area (TPSA) is 38.0 Å². The van der Waals surface area contributed by atoms with Gasteiger partial charge in [-0.3, -0.25) is 11.3 Å². The molecule has 0 amide bonds. The third-order valence-corrected chi connectivity index (χ3v) is 4.22. The molecule has 0 aromatic heterocycles. The summed E-state index contributed by atoms with van der Waals surface area (Å²) < 4.78 is 0. The first-order valence-corrected chi connectivity index (χ1v) is 8.76. The van der Waals surface area contributed by atoms with Crippen molar-refractivity contribution in [2.24, 2.45) is 11.8 Å². The maximum atomic E-state index is 5.76. The third-order valence-electron chi connectivity index (χ3n) is 4.22. The molecule has 2 nitrogen and oxygen atoms in total. The van der Waals surface area contributed by atoms with E-state index in [9.17, 15) is 0 Å². The van der Waals surface area contributed by atoms with E-state index in [1.165, 1.54) is 77.0 Å². The standard InChI is InChI=1S/C17H38N2/c1-4-7-8-9-10-11-12-15-17(19-18)16(13-5-2)14-6-3/h16-17,19H,4-15,18H2,1-3H3. The summed E-state index contributed by atoms with van der Waals surface area (Å²) in [6, 6.07) is 0.538. The Balaban J connectivity index is 3.71. The van der Waals surface area contributed by atoms with Crippen LogP contribution in [-0.4, -0.2) is 6.04 Å². The molecular weight excluding hydrogens is 232 g/mol. The van der Waals surface area contributed by atoms with Gasteiger partial charge in [-0.15, -0.1) is 0 Å². The fourth-order valence-corrected chi connectivity index (χ4v) is 3.06. The first-order valence-electron chi connectivity index (χ1n) is 8.76. The summed E-state index contributed by atoms with van der Waals surface area (Å²) in [5, 5.41) is 0. The fourth-order valence-electron chi connectivity index (χ4n) is 3.06. The first-order chi connectivity index (χ1) is 9.29. The molecule has 0 heterocycles. The number of hydrogen-bond donors (Lipinski definition) is 2. The van der Waals surface area contributed by atoms with E-state index in [1.807, 2.05) is 0 Å². The lowest BCUT2D eigenvalue weighted by Crippen LogP contribution is -2.40. The van der Waals surface area contributed by atoms with Crippen molar-refractivity contribution in [2.45, 2.75) is 104 Å². The number of hydrazine groups is 1. The van der Waals surface area contributed by atoms with Crippen LogP contribution in [0.2, 0.25) is 0 Å². The highest BCUT2D eigenvalue weighted by Gasteiger charge is 2.18. The van der Waals surface area contributed by atoms with E-state index >= 15 is 0 Å². The molecule has 1 unspecified atom stereocenters. The Morgan fingerprint density at radius 1 is 0.684 bits per heavy atom. The molecule has 2 heteroatoms. The molecule has 0 saturated carbocycles. The summed E-state index contributed by atoms with van der Waals surface area (Å²) >= 11 is 0. The fraction of sp³-hybridized carbons (Fsp3) is 1.00. The zero-order valence-corrected chi connectivity index (χ0v) is 13.7. The Morgan fingerprint density at radius 2 is 1.21 bits per heavy atom. The average molecular weight is 271 g/mol. The number of unbranched alkanes of at least 4 members (excludes halogenated alkanes) is 6. The minimum Gasteiger partial charge on any atom is -0.271 e. The number of rotatable bonds is 14. The van der Waals surface area contributed by atoms with Crippen LogP contribution in [0.3, 0.4) is 0 Å². The van der Waals surface area contributed by atoms with Crippen molar-refractivity contribution < 1.29 is 0 Å². The molecule has 0 aromatic rings. The van der Waals surface area contributed by atoms with Crippen molar-refractivity contribution in [1.29, 1.82) is 0 Å². The van der Waals surface area contributed by atoms with E-state index in [0.29, 0.717) is 6.04 Å². The summed E-state index contributed by atoms with van der Waals surface area (Å²) in [6.07, 6.45) is 16.2. The smallest absolute Gasteiger partial charge is 0.0238 e. The van der Waals surface area contributed by atoms with Crippen LogP contribution in [0.4, 0.5) is 0 Å². The van der Waals surface area contributed by atoms with Crippen LogP contribution in [0, 0.1) is 5.92 Å². The Bertz CT molecular complexity index is 165. The van der Waals surface area contributed by atoms with Gasteiger partial charge in [-0.2, -0.15) is 0 Å². The average Bonchev–Trinajstić information content (AvgIpc) is 2.42. The largest absolute Gasteiger partial charge is 0.271 e. The highest BCUT2D eigenvalue weighted by molar-refractivity contribution is 4.74. The second kappa shape index (κ2) is 14.3. The predicted octanol–water partition coefficient (Wildman–Crippen LogP) is 5.18. The van der Waals surface area contributed by atoms with Gasteiger partial charge in [0.1, 0.15) is 0 Å². The molecule has 0 aromatic carbocycles. The van der Waals surface area contributed by atoms with Gasteiger partial charge in [0.25, 0.3) is 0 Å². The molecule has 116 valence electrons. The summed E-state index contributed by atoms with van der Waals surface area (Å²) in [6.45, 7) is 6.84. The van der Waals surface area contributed by atoms with Gasteiger partial charge < -0.3 is 0 Å². The van der Waals surface area contributed by atoms with Crippen molar-refractivity contribution >= 4 is 0 Å². The first kappa shape index (κ1) is 18.9. The number of hydrogen-bond acceptors (Lipinski definition) is 2. The second-order valence-corrected chi connectivity index (χ2v) is 6.02. The molecule has 0 aliphatic rings. The molecule has 0 rings (SSSR count). The quantitative estimate of drug-likeness (QED) is 0.259. The Hall–Kier alpha value is -0.0800. The van der Waals surface area contributed by atoms with E-state index in [4.69, 9.17) is 5.84 Å². The monoisotopic (exact) mass is 270 g/mol. The van der Waals surface area contributed by atoms with Crippen molar-refractivity contribution in [3.8, 4) is 0 Å². The molecule has 0 aliphatic heterocycles. The predicted molar refractivity (Wildman–Crippen MR) is 87.0 cm³/mol. The molecule has 0 bridgehead atoms. The van der Waals surface area contributed by atoms with Crippen LogP contribution < -0.4 is 11.3 Å². The molecule has 0 fully saturated rings. The normalized spacial score (nSPS) is 13.1. The van der Waals surface area contributed by atoms with E-state index in [2.05, 4.69) is 26.2 Å². The molecule has 0 aliphatic carbocycles. The Kier molecular flexibility index (Phi) is 14.3. The highest BCUT2D eigenvalue weighted by Crippen LogP contribution is 2.21. The van der Waals surface area contributed by atoms with Gasteiger partial charge in [-0.1, -0.05) is 78.6 Å². The van der Waals surface area contributed by atoms with Gasteiger partial charge >= 0.3 is 0 Å². The maximum absolute atomic E-state index is 5.76. The SMILES string of the molecule is CCCCCCCCCC(NN)C(CCC)CCC. The molecular formula is C17H38N2. The zero-order valence-electron chi connectivity index (χ0n) is 13.7. The minimum absolute atomic E-state index is 0.538. The van der Waals surface area contributed by atoms with E-state index in [0.717, 1.165) is 5.92 Å². The summed E-state index contributed by atoms with van der Waals surface area (Å²) in [7, 11) is 0. The van der Waals surface area contributed by atoms with Crippen LogP contribution in [0.1, 0.15) is 97.8 Å². The summed E-state index contributed by atoms with van der Waals surface area (Å²) in [4.78, 5) is 0. The van der Waals surface area contributed by atoms with Crippen LogP contribution in [0.15, 0.2) is 0 Å². The molecule has 3 N–H and O–H groups in total. The zero-order chi connectivity index (χ0) is 14.3. The van der Waals surface area contributed by atoms with Crippen molar-refractivity contribution in [2.75, 3.05) is 0 Å². The van der Waals surface area contributed by atoms with Crippen LogP contribution in [-0.2, 0) is 0 Å². The van der Waals surface area contributed by atoms with Gasteiger partial charge in [-0.25, -0.2) is 0 Å². The lowest BCUT2D eigenvalue weighted by atomic mass is 9.87. The summed E-state index contributed by atoms with van der Waals surface area (Å²) in [5.74, 6) is 6.54. The second-order valence-electron chi connectivity index (χ2n) is 6.02. The molecule has 0 saturated heterocycles.